The maximum atomic E-state index is 12.1. The molecule has 2 N–H and O–H groups in total. The Morgan fingerprint density at radius 2 is 1.62 bits per heavy atom. The molecule has 0 saturated heterocycles. The van der Waals surface area contributed by atoms with Crippen molar-refractivity contribution in [3.05, 3.63) is 0 Å². The first-order valence-corrected chi connectivity index (χ1v) is 7.99. The number of hydrogen-bond acceptors (Lipinski definition) is 4. The summed E-state index contributed by atoms with van der Waals surface area (Å²) in [5, 5.41) is 6.77. The molecule has 0 unspecified atom stereocenters. The van der Waals surface area contributed by atoms with Gasteiger partial charge in [0.1, 0.15) is 5.60 Å². The zero-order valence-electron chi connectivity index (χ0n) is 15.0. The summed E-state index contributed by atoms with van der Waals surface area (Å²) in [5.74, 6) is 0. The van der Waals surface area contributed by atoms with Gasteiger partial charge in [-0.05, 0) is 48.0 Å². The fourth-order valence-corrected chi connectivity index (χ4v) is 1.76. The summed E-state index contributed by atoms with van der Waals surface area (Å²) >= 11 is 0. The molecule has 0 saturated carbocycles. The second-order valence-corrected chi connectivity index (χ2v) is 7.39. The number of carbonyl (C=O) groups is 1. The van der Waals surface area contributed by atoms with Crippen LogP contribution in [0.5, 0.6) is 0 Å². The van der Waals surface area contributed by atoms with Crippen molar-refractivity contribution in [1.82, 2.24) is 15.5 Å². The summed E-state index contributed by atoms with van der Waals surface area (Å²) in [6.07, 6.45) is 0.712. The molecular weight excluding hydrogens is 266 g/mol. The van der Waals surface area contributed by atoms with Crippen molar-refractivity contribution in [1.29, 1.82) is 0 Å². The molecule has 0 fully saturated rings. The summed E-state index contributed by atoms with van der Waals surface area (Å²) in [6, 6.07) is 0. The number of hydrogen-bond donors (Lipinski definition) is 2. The van der Waals surface area contributed by atoms with Gasteiger partial charge in [0.05, 0.1) is 0 Å². The van der Waals surface area contributed by atoms with Crippen LogP contribution in [0.25, 0.3) is 0 Å². The van der Waals surface area contributed by atoms with E-state index in [0.717, 1.165) is 32.6 Å². The second kappa shape index (κ2) is 9.26. The lowest BCUT2D eigenvalue weighted by Crippen LogP contribution is -2.43. The highest BCUT2D eigenvalue weighted by atomic mass is 16.6. The highest BCUT2D eigenvalue weighted by molar-refractivity contribution is 5.68. The summed E-state index contributed by atoms with van der Waals surface area (Å²) in [6.45, 7) is 18.2. The van der Waals surface area contributed by atoms with Crippen LogP contribution in [0.4, 0.5) is 4.79 Å². The van der Waals surface area contributed by atoms with E-state index in [4.69, 9.17) is 4.74 Å². The summed E-state index contributed by atoms with van der Waals surface area (Å²) in [7, 11) is 0. The van der Waals surface area contributed by atoms with Crippen molar-refractivity contribution in [2.24, 2.45) is 0 Å². The molecule has 0 aliphatic rings. The van der Waals surface area contributed by atoms with Crippen LogP contribution in [0.15, 0.2) is 0 Å². The first kappa shape index (κ1) is 20.2. The molecule has 0 aromatic carbocycles. The normalized spacial score (nSPS) is 12.3. The van der Waals surface area contributed by atoms with Gasteiger partial charge >= 0.3 is 6.09 Å². The highest BCUT2D eigenvalue weighted by Gasteiger charge is 2.21. The van der Waals surface area contributed by atoms with Crippen LogP contribution >= 0.6 is 0 Å². The lowest BCUT2D eigenvalue weighted by molar-refractivity contribution is 0.0252. The van der Waals surface area contributed by atoms with Gasteiger partial charge in [0, 0.05) is 38.3 Å². The Labute approximate surface area is 130 Å². The Morgan fingerprint density at radius 3 is 2.10 bits per heavy atom. The van der Waals surface area contributed by atoms with E-state index in [1.54, 1.807) is 4.90 Å². The minimum Gasteiger partial charge on any atom is -0.444 e. The molecular formula is C16H35N3O2. The molecule has 0 radical (unpaired) electrons. The maximum absolute atomic E-state index is 12.1. The molecule has 0 aliphatic carbocycles. The number of nitrogens with one attached hydrogen (secondary N) is 2. The molecule has 0 bridgehead atoms. The molecule has 0 spiro atoms. The van der Waals surface area contributed by atoms with Gasteiger partial charge in [-0.1, -0.05) is 6.92 Å². The quantitative estimate of drug-likeness (QED) is 0.677. The van der Waals surface area contributed by atoms with E-state index in [9.17, 15) is 4.79 Å². The maximum Gasteiger partial charge on any atom is 0.410 e. The predicted molar refractivity (Wildman–Crippen MR) is 88.7 cm³/mol. The predicted octanol–water partition coefficient (Wildman–Crippen LogP) is 2.61. The molecule has 1 amide bonds. The van der Waals surface area contributed by atoms with E-state index in [1.807, 2.05) is 20.8 Å². The van der Waals surface area contributed by atoms with Gasteiger partial charge in [0.15, 0.2) is 0 Å². The average molecular weight is 301 g/mol. The molecule has 0 aliphatic heterocycles. The third-order valence-corrected chi connectivity index (χ3v) is 2.66. The van der Waals surface area contributed by atoms with Gasteiger partial charge in [-0.3, -0.25) is 0 Å². The first-order valence-electron chi connectivity index (χ1n) is 7.99. The molecule has 21 heavy (non-hydrogen) atoms. The Balaban J connectivity index is 3.97. The van der Waals surface area contributed by atoms with Crippen molar-refractivity contribution in [3.63, 3.8) is 0 Å². The lowest BCUT2D eigenvalue weighted by atomic mass is 10.1. The molecule has 0 heterocycles. The molecule has 5 nitrogen and oxygen atoms in total. The largest absolute Gasteiger partial charge is 0.444 e. The fourth-order valence-electron chi connectivity index (χ4n) is 1.76. The number of amides is 1. The van der Waals surface area contributed by atoms with E-state index in [1.165, 1.54) is 0 Å². The van der Waals surface area contributed by atoms with Crippen molar-refractivity contribution in [2.45, 2.75) is 66.0 Å². The Bertz CT molecular complexity index is 293. The van der Waals surface area contributed by atoms with Crippen LogP contribution in [-0.2, 0) is 4.74 Å². The van der Waals surface area contributed by atoms with Gasteiger partial charge in [-0.25, -0.2) is 4.79 Å². The zero-order valence-corrected chi connectivity index (χ0v) is 15.0. The number of ether oxygens (including phenoxy) is 1. The zero-order chi connectivity index (χ0) is 16.5. The standard InChI is InChI=1S/C16H35N3O2/c1-8-12-19(14(20)21-16(5,6)7)13-11-17-9-10-18-15(2,3)4/h17-18H,8-13H2,1-7H3. The van der Waals surface area contributed by atoms with Crippen LogP contribution in [0, 0.1) is 0 Å². The Morgan fingerprint density at radius 1 is 1.00 bits per heavy atom. The van der Waals surface area contributed by atoms with Gasteiger partial charge in [-0.15, -0.1) is 0 Å². The number of carbonyl (C=O) groups excluding carboxylic acids is 1. The summed E-state index contributed by atoms with van der Waals surface area (Å²) < 4.78 is 5.42. The topological polar surface area (TPSA) is 53.6 Å². The van der Waals surface area contributed by atoms with Crippen molar-refractivity contribution in [3.8, 4) is 0 Å². The van der Waals surface area contributed by atoms with Crippen molar-refractivity contribution in [2.75, 3.05) is 32.7 Å². The van der Waals surface area contributed by atoms with E-state index in [0.29, 0.717) is 6.54 Å². The monoisotopic (exact) mass is 301 g/mol. The van der Waals surface area contributed by atoms with Crippen LogP contribution in [0.3, 0.4) is 0 Å². The van der Waals surface area contributed by atoms with E-state index < -0.39 is 5.60 Å². The average Bonchev–Trinajstić information content (AvgIpc) is 2.28. The molecule has 0 atom stereocenters. The van der Waals surface area contributed by atoms with Crippen LogP contribution in [0.1, 0.15) is 54.9 Å². The number of rotatable bonds is 8. The van der Waals surface area contributed by atoms with E-state index in [2.05, 4.69) is 38.3 Å². The van der Waals surface area contributed by atoms with Crippen molar-refractivity contribution < 1.29 is 9.53 Å². The third-order valence-electron chi connectivity index (χ3n) is 2.66. The van der Waals surface area contributed by atoms with Gasteiger partial charge in [0.2, 0.25) is 0 Å². The molecule has 0 aromatic rings. The van der Waals surface area contributed by atoms with Gasteiger partial charge < -0.3 is 20.3 Å². The van der Waals surface area contributed by atoms with Crippen molar-refractivity contribution >= 4 is 6.09 Å². The summed E-state index contributed by atoms with van der Waals surface area (Å²) in [5.41, 5.74) is -0.292. The Hall–Kier alpha value is -0.810. The smallest absolute Gasteiger partial charge is 0.410 e. The minimum absolute atomic E-state index is 0.145. The van der Waals surface area contributed by atoms with Crippen LogP contribution in [0.2, 0.25) is 0 Å². The Kier molecular flexibility index (Phi) is 8.90. The first-order chi connectivity index (χ1) is 9.55. The highest BCUT2D eigenvalue weighted by Crippen LogP contribution is 2.10. The molecule has 126 valence electrons. The van der Waals surface area contributed by atoms with E-state index >= 15 is 0 Å². The second-order valence-electron chi connectivity index (χ2n) is 7.39. The van der Waals surface area contributed by atoms with E-state index in [-0.39, 0.29) is 11.6 Å². The number of nitrogens with zero attached hydrogens (tertiary/aromatic N) is 1. The van der Waals surface area contributed by atoms with Gasteiger partial charge in [-0.2, -0.15) is 0 Å². The van der Waals surface area contributed by atoms with Crippen LogP contribution in [-0.4, -0.2) is 54.9 Å². The summed E-state index contributed by atoms with van der Waals surface area (Å²) in [4.78, 5) is 13.8. The van der Waals surface area contributed by atoms with Crippen LogP contribution < -0.4 is 10.6 Å². The lowest BCUT2D eigenvalue weighted by Gasteiger charge is -2.27. The fraction of sp³-hybridized carbons (Fsp3) is 0.938. The van der Waals surface area contributed by atoms with Gasteiger partial charge in [0.25, 0.3) is 0 Å². The third kappa shape index (κ3) is 12.6. The molecule has 0 rings (SSSR count). The molecule has 0 aromatic heterocycles. The minimum atomic E-state index is -0.437. The SMILES string of the molecule is CCCN(CCNCCNC(C)(C)C)C(=O)OC(C)(C)C. The molecule has 5 heteroatoms.